The van der Waals surface area contributed by atoms with E-state index in [0.717, 1.165) is 24.3 Å². The summed E-state index contributed by atoms with van der Waals surface area (Å²) in [5, 5.41) is 0. The highest BCUT2D eigenvalue weighted by molar-refractivity contribution is 5.85. The van der Waals surface area contributed by atoms with E-state index >= 15 is 0 Å². The van der Waals surface area contributed by atoms with Crippen molar-refractivity contribution in [2.75, 3.05) is 11.4 Å². The molecule has 2 heterocycles. The van der Waals surface area contributed by atoms with Gasteiger partial charge in [0.25, 0.3) is 0 Å². The van der Waals surface area contributed by atoms with Crippen molar-refractivity contribution in [1.29, 1.82) is 0 Å². The lowest BCUT2D eigenvalue weighted by Gasteiger charge is -2.41. The molecule has 1 unspecified atom stereocenters. The molecular weight excluding hydrogens is 192 g/mol. The molecular formula is C10H14N4O. The Morgan fingerprint density at radius 3 is 3.00 bits per heavy atom. The van der Waals surface area contributed by atoms with Gasteiger partial charge in [0.1, 0.15) is 6.04 Å². The first kappa shape index (κ1) is 9.92. The van der Waals surface area contributed by atoms with Crippen LogP contribution in [0.5, 0.6) is 0 Å². The van der Waals surface area contributed by atoms with Gasteiger partial charge in [0.05, 0.1) is 11.4 Å². The summed E-state index contributed by atoms with van der Waals surface area (Å²) in [6.45, 7) is 1.21. The first-order valence-electron chi connectivity index (χ1n) is 4.94. The number of anilines is 1. The van der Waals surface area contributed by atoms with E-state index in [1.165, 1.54) is 0 Å². The first-order chi connectivity index (χ1) is 7.24. The van der Waals surface area contributed by atoms with Gasteiger partial charge in [-0.3, -0.25) is 9.78 Å². The summed E-state index contributed by atoms with van der Waals surface area (Å²) >= 11 is 0. The number of nitrogens with zero attached hydrogens (tertiary/aromatic N) is 2. The minimum absolute atomic E-state index is 0.195. The Morgan fingerprint density at radius 2 is 2.47 bits per heavy atom. The first-order valence-corrected chi connectivity index (χ1v) is 4.94. The third kappa shape index (κ3) is 1.66. The summed E-state index contributed by atoms with van der Waals surface area (Å²) in [5.41, 5.74) is 12.6. The van der Waals surface area contributed by atoms with Crippen LogP contribution in [0.2, 0.25) is 0 Å². The highest BCUT2D eigenvalue weighted by Crippen LogP contribution is 2.28. The van der Waals surface area contributed by atoms with E-state index in [1.807, 2.05) is 17.0 Å². The fraction of sp³-hybridized carbons (Fsp3) is 0.400. The molecule has 1 atom stereocenters. The average Bonchev–Trinajstić information content (AvgIpc) is 2.16. The minimum Gasteiger partial charge on any atom is -0.368 e. The van der Waals surface area contributed by atoms with Gasteiger partial charge < -0.3 is 16.4 Å². The number of hydrogen-bond donors (Lipinski definition) is 2. The number of pyridine rings is 1. The van der Waals surface area contributed by atoms with Gasteiger partial charge in [-0.1, -0.05) is 0 Å². The summed E-state index contributed by atoms with van der Waals surface area (Å²) in [5.74, 6) is -0.284. The Hall–Kier alpha value is -1.62. The molecule has 1 aliphatic rings. The number of carbonyl (C=O) groups excluding carboxylic acids is 1. The molecule has 80 valence electrons. The summed E-state index contributed by atoms with van der Waals surface area (Å²) < 4.78 is 0. The summed E-state index contributed by atoms with van der Waals surface area (Å²) in [6.07, 6.45) is 2.51. The quantitative estimate of drug-likeness (QED) is 0.705. The molecule has 1 aliphatic heterocycles. The summed E-state index contributed by atoms with van der Waals surface area (Å²) in [7, 11) is 0. The lowest BCUT2D eigenvalue weighted by atomic mass is 10.0. The Kier molecular flexibility index (Phi) is 2.55. The molecule has 15 heavy (non-hydrogen) atoms. The highest BCUT2D eigenvalue weighted by atomic mass is 16.1. The Morgan fingerprint density at radius 1 is 1.67 bits per heavy atom. The molecule has 0 spiro atoms. The maximum absolute atomic E-state index is 11.1. The Balaban J connectivity index is 2.26. The summed E-state index contributed by atoms with van der Waals surface area (Å²) in [6, 6.07) is 3.56. The molecule has 0 aromatic carbocycles. The molecule has 2 rings (SSSR count). The second-order valence-corrected chi connectivity index (χ2v) is 3.57. The molecule has 0 aliphatic carbocycles. The van der Waals surface area contributed by atoms with Crippen LogP contribution < -0.4 is 16.4 Å². The zero-order valence-corrected chi connectivity index (χ0v) is 8.39. The maximum atomic E-state index is 11.1. The van der Waals surface area contributed by atoms with Crippen molar-refractivity contribution >= 4 is 11.6 Å². The highest BCUT2D eigenvalue weighted by Gasteiger charge is 2.33. The smallest absolute Gasteiger partial charge is 0.240 e. The van der Waals surface area contributed by atoms with Crippen molar-refractivity contribution in [3.63, 3.8) is 0 Å². The van der Waals surface area contributed by atoms with Crippen LogP contribution in [0, 0.1) is 0 Å². The Labute approximate surface area is 88.1 Å². The van der Waals surface area contributed by atoms with E-state index in [2.05, 4.69) is 4.98 Å². The van der Waals surface area contributed by atoms with Gasteiger partial charge in [-0.2, -0.15) is 0 Å². The second-order valence-electron chi connectivity index (χ2n) is 3.57. The van der Waals surface area contributed by atoms with Crippen LogP contribution >= 0.6 is 0 Å². The lowest BCUT2D eigenvalue weighted by molar-refractivity contribution is -0.120. The van der Waals surface area contributed by atoms with Crippen molar-refractivity contribution in [3.05, 3.63) is 24.0 Å². The van der Waals surface area contributed by atoms with Crippen LogP contribution in [0.25, 0.3) is 0 Å². The van der Waals surface area contributed by atoms with E-state index in [-0.39, 0.29) is 11.9 Å². The summed E-state index contributed by atoms with van der Waals surface area (Å²) in [4.78, 5) is 17.2. The van der Waals surface area contributed by atoms with Crippen molar-refractivity contribution < 1.29 is 4.79 Å². The van der Waals surface area contributed by atoms with Gasteiger partial charge in [0.15, 0.2) is 0 Å². The molecule has 5 heteroatoms. The SMILES string of the molecule is NCc1ncccc1N1CCC1C(N)=O. The predicted molar refractivity (Wildman–Crippen MR) is 57.1 cm³/mol. The van der Waals surface area contributed by atoms with Crippen LogP contribution in [0.1, 0.15) is 12.1 Å². The molecule has 0 radical (unpaired) electrons. The van der Waals surface area contributed by atoms with Gasteiger partial charge in [-0.25, -0.2) is 0 Å². The van der Waals surface area contributed by atoms with Crippen LogP contribution in [-0.2, 0) is 11.3 Å². The molecule has 1 saturated heterocycles. The van der Waals surface area contributed by atoms with Crippen molar-refractivity contribution in [3.8, 4) is 0 Å². The zero-order chi connectivity index (χ0) is 10.8. The topological polar surface area (TPSA) is 85.2 Å². The molecule has 0 saturated carbocycles. The molecule has 1 aromatic rings. The van der Waals surface area contributed by atoms with Gasteiger partial charge in [0, 0.05) is 19.3 Å². The van der Waals surface area contributed by atoms with Gasteiger partial charge in [0.2, 0.25) is 5.91 Å². The largest absolute Gasteiger partial charge is 0.368 e. The van der Waals surface area contributed by atoms with E-state index < -0.39 is 0 Å². The van der Waals surface area contributed by atoms with Crippen LogP contribution in [0.3, 0.4) is 0 Å². The van der Waals surface area contributed by atoms with E-state index in [0.29, 0.717) is 6.54 Å². The second kappa shape index (κ2) is 3.86. The zero-order valence-electron chi connectivity index (χ0n) is 8.39. The standard InChI is InChI=1S/C10H14N4O/c11-6-7-8(2-1-4-13-7)14-5-3-9(14)10(12)15/h1-2,4,9H,3,5-6,11H2,(H2,12,15). The van der Waals surface area contributed by atoms with Gasteiger partial charge in [-0.15, -0.1) is 0 Å². The predicted octanol–water partition coefficient (Wildman–Crippen LogP) is -0.396. The van der Waals surface area contributed by atoms with E-state index in [1.54, 1.807) is 6.20 Å². The van der Waals surface area contributed by atoms with Gasteiger partial charge in [-0.05, 0) is 18.6 Å². The number of nitrogens with two attached hydrogens (primary N) is 2. The fourth-order valence-corrected chi connectivity index (χ4v) is 1.82. The van der Waals surface area contributed by atoms with Crippen LogP contribution in [0.15, 0.2) is 18.3 Å². The van der Waals surface area contributed by atoms with Crippen molar-refractivity contribution in [2.24, 2.45) is 11.5 Å². The fourth-order valence-electron chi connectivity index (χ4n) is 1.82. The molecule has 0 bridgehead atoms. The Bertz CT molecular complexity index is 379. The minimum atomic E-state index is -0.284. The molecule has 1 amide bonds. The number of rotatable bonds is 3. The van der Waals surface area contributed by atoms with E-state index in [4.69, 9.17) is 11.5 Å². The average molecular weight is 206 g/mol. The number of aromatic nitrogens is 1. The number of carbonyl (C=O) groups is 1. The van der Waals surface area contributed by atoms with Crippen molar-refractivity contribution in [2.45, 2.75) is 19.0 Å². The number of amides is 1. The van der Waals surface area contributed by atoms with Crippen LogP contribution in [-0.4, -0.2) is 23.5 Å². The normalized spacial score (nSPS) is 19.8. The third-order valence-electron chi connectivity index (χ3n) is 2.72. The van der Waals surface area contributed by atoms with Gasteiger partial charge >= 0.3 is 0 Å². The molecule has 1 aromatic heterocycles. The number of primary amides is 1. The van der Waals surface area contributed by atoms with Crippen molar-refractivity contribution in [1.82, 2.24) is 4.98 Å². The third-order valence-corrected chi connectivity index (χ3v) is 2.72. The maximum Gasteiger partial charge on any atom is 0.240 e. The monoisotopic (exact) mass is 206 g/mol. The molecule has 4 N–H and O–H groups in total. The lowest BCUT2D eigenvalue weighted by Crippen LogP contribution is -2.55. The molecule has 5 nitrogen and oxygen atoms in total. The van der Waals surface area contributed by atoms with Crippen LogP contribution in [0.4, 0.5) is 5.69 Å². The van der Waals surface area contributed by atoms with E-state index in [9.17, 15) is 4.79 Å². The molecule has 1 fully saturated rings. The number of hydrogen-bond acceptors (Lipinski definition) is 4.